The van der Waals surface area contributed by atoms with Gasteiger partial charge in [-0.15, -0.1) is 0 Å². The van der Waals surface area contributed by atoms with Crippen molar-refractivity contribution in [1.82, 2.24) is 49.5 Å². The van der Waals surface area contributed by atoms with Crippen LogP contribution < -0.4 is 27.0 Å². The molecule has 1 aliphatic heterocycles. The molecule has 0 radical (unpaired) electrons. The number of amides is 4. The monoisotopic (exact) mass is 803 g/mol. The predicted octanol–water partition coefficient (Wildman–Crippen LogP) is 4.41. The fourth-order valence-corrected chi connectivity index (χ4v) is 7.79. The summed E-state index contributed by atoms with van der Waals surface area (Å²) in [5, 5.41) is 20.4. The number of halogens is 1. The maximum atomic E-state index is 13.5. The van der Waals surface area contributed by atoms with Crippen LogP contribution in [0.2, 0.25) is 0 Å². The molecule has 2 aromatic carbocycles. The van der Waals surface area contributed by atoms with Crippen molar-refractivity contribution in [3.05, 3.63) is 94.4 Å². The molecule has 16 nitrogen and oxygen atoms in total. The first-order valence-electron chi connectivity index (χ1n) is 20.1. The number of unbranched alkanes of at least 4 members (excludes halogenated alkanes) is 5. The van der Waals surface area contributed by atoms with Gasteiger partial charge in [0.05, 0.1) is 46.5 Å². The third-order valence-corrected chi connectivity index (χ3v) is 11.1. The second kappa shape index (κ2) is 16.7. The van der Waals surface area contributed by atoms with E-state index in [1.807, 2.05) is 30.3 Å². The van der Waals surface area contributed by atoms with Gasteiger partial charge in [0.1, 0.15) is 12.2 Å². The number of aromatic nitrogens is 7. The number of piperidine rings is 1. The van der Waals surface area contributed by atoms with Crippen molar-refractivity contribution in [1.29, 1.82) is 0 Å². The molecule has 0 bridgehead atoms. The molecule has 8 rings (SSSR count). The molecule has 0 spiro atoms. The molecule has 1 saturated heterocycles. The zero-order valence-electron chi connectivity index (χ0n) is 32.9. The Bertz CT molecular complexity index is 2640. The number of imidazole rings is 2. The van der Waals surface area contributed by atoms with Crippen LogP contribution in [0, 0.1) is 0 Å². The number of hydrogen-bond acceptors (Lipinski definition) is 9. The number of carbonyl (C=O) groups excluding carboxylic acids is 4. The van der Waals surface area contributed by atoms with Crippen molar-refractivity contribution < 1.29 is 23.6 Å². The van der Waals surface area contributed by atoms with E-state index in [4.69, 9.17) is 0 Å². The third kappa shape index (κ3) is 8.09. The van der Waals surface area contributed by atoms with Crippen LogP contribution in [0.4, 0.5) is 10.1 Å². The van der Waals surface area contributed by atoms with E-state index in [-0.39, 0.29) is 29.6 Å². The van der Waals surface area contributed by atoms with Gasteiger partial charge in [0.2, 0.25) is 11.8 Å². The Kier molecular flexibility index (Phi) is 11.1. The lowest BCUT2D eigenvalue weighted by atomic mass is 10.0. The molecule has 2 fully saturated rings. The summed E-state index contributed by atoms with van der Waals surface area (Å²) >= 11 is 0. The average molecular weight is 804 g/mol. The fourth-order valence-electron chi connectivity index (χ4n) is 7.79. The van der Waals surface area contributed by atoms with Crippen molar-refractivity contribution >= 4 is 46.0 Å². The molecule has 306 valence electrons. The number of alkyl halides is 1. The zero-order chi connectivity index (χ0) is 41.2. The molecule has 2 aliphatic rings. The van der Waals surface area contributed by atoms with Crippen LogP contribution in [-0.2, 0) is 23.1 Å². The lowest BCUT2D eigenvalue weighted by Gasteiger charge is -2.21. The maximum absolute atomic E-state index is 13.5. The molecule has 4 aromatic heterocycles. The predicted molar refractivity (Wildman–Crippen MR) is 218 cm³/mol. The maximum Gasteiger partial charge on any atom is 0.329 e. The molecule has 3 atom stereocenters. The van der Waals surface area contributed by atoms with Crippen LogP contribution in [0.1, 0.15) is 90.2 Å². The minimum atomic E-state index is -1.03. The largest absolute Gasteiger partial charge is 0.385 e. The summed E-state index contributed by atoms with van der Waals surface area (Å²) in [5.41, 5.74) is 6.06. The highest BCUT2D eigenvalue weighted by atomic mass is 19.1. The smallest absolute Gasteiger partial charge is 0.329 e. The number of benzene rings is 2. The number of rotatable bonds is 16. The highest BCUT2D eigenvalue weighted by Crippen LogP contribution is 2.29. The van der Waals surface area contributed by atoms with Crippen LogP contribution in [0.3, 0.4) is 0 Å². The number of anilines is 1. The zero-order valence-corrected chi connectivity index (χ0v) is 32.9. The van der Waals surface area contributed by atoms with Crippen molar-refractivity contribution in [2.24, 2.45) is 7.05 Å². The first-order chi connectivity index (χ1) is 28.6. The highest BCUT2D eigenvalue weighted by molar-refractivity contribution is 6.00. The Labute approximate surface area is 338 Å². The van der Waals surface area contributed by atoms with Crippen LogP contribution >= 0.6 is 0 Å². The number of aryl methyl sites for hydroxylation is 2. The fraction of sp³-hybridized carbons (Fsp3) is 0.381. The van der Waals surface area contributed by atoms with Gasteiger partial charge in [0, 0.05) is 50.8 Å². The molecule has 1 saturated carbocycles. The average Bonchev–Trinajstić information content (AvgIpc) is 3.57. The summed E-state index contributed by atoms with van der Waals surface area (Å²) in [6, 6.07) is 13.6. The van der Waals surface area contributed by atoms with E-state index in [1.165, 1.54) is 15.3 Å². The van der Waals surface area contributed by atoms with E-state index < -0.39 is 30.1 Å². The summed E-state index contributed by atoms with van der Waals surface area (Å²) in [4.78, 5) is 67.8. The van der Waals surface area contributed by atoms with Gasteiger partial charge >= 0.3 is 5.69 Å². The Balaban J connectivity index is 0.804. The number of nitrogens with zero attached hydrogens (tertiary/aromatic N) is 7. The molecule has 4 N–H and O–H groups in total. The Morgan fingerprint density at radius 3 is 2.53 bits per heavy atom. The third-order valence-electron chi connectivity index (χ3n) is 11.1. The van der Waals surface area contributed by atoms with Gasteiger partial charge in [-0.2, -0.15) is 10.2 Å². The van der Waals surface area contributed by atoms with Gasteiger partial charge in [-0.3, -0.25) is 33.6 Å². The van der Waals surface area contributed by atoms with E-state index in [9.17, 15) is 28.4 Å². The van der Waals surface area contributed by atoms with E-state index in [0.717, 1.165) is 56.0 Å². The summed E-state index contributed by atoms with van der Waals surface area (Å²) in [6.45, 7) is 0.556. The SMILES string of the molecule is CNc1cc(-c2cnn(-c3cccc(C(=O)NCCCCCCCCc4cccc5c4n(C)c(=O)n5C4CCC(=O)NC4=O)c3)c2)nn2c(C(=O)N[C@@H]3C[C@@H]3F)cnc12. The minimum absolute atomic E-state index is 0.170. The molecular weight excluding hydrogens is 758 g/mol. The number of carbonyl (C=O) groups is 4. The van der Waals surface area contributed by atoms with Crippen molar-refractivity contribution in [3.8, 4) is 16.9 Å². The Hall–Kier alpha value is -6.65. The van der Waals surface area contributed by atoms with Gasteiger partial charge in [0.15, 0.2) is 11.3 Å². The second-order valence-corrected chi connectivity index (χ2v) is 15.2. The number of hydrogen-bond donors (Lipinski definition) is 4. The van der Waals surface area contributed by atoms with E-state index in [1.54, 1.807) is 53.9 Å². The van der Waals surface area contributed by atoms with E-state index in [2.05, 4.69) is 36.4 Å². The van der Waals surface area contributed by atoms with Gasteiger partial charge in [-0.05, 0) is 61.6 Å². The molecule has 1 unspecified atom stereocenters. The van der Waals surface area contributed by atoms with Gasteiger partial charge in [-0.1, -0.05) is 43.9 Å². The van der Waals surface area contributed by atoms with Crippen LogP contribution in [0.15, 0.2) is 71.9 Å². The number of fused-ring (bicyclic) bond motifs is 2. The van der Waals surface area contributed by atoms with Crippen LogP contribution in [0.5, 0.6) is 0 Å². The Morgan fingerprint density at radius 2 is 1.75 bits per heavy atom. The van der Waals surface area contributed by atoms with Crippen LogP contribution in [0.25, 0.3) is 33.6 Å². The lowest BCUT2D eigenvalue weighted by Crippen LogP contribution is -2.44. The minimum Gasteiger partial charge on any atom is -0.385 e. The summed E-state index contributed by atoms with van der Waals surface area (Å²) < 4.78 is 19.7. The second-order valence-electron chi connectivity index (χ2n) is 15.2. The standard InChI is InChI=1S/C42H46FN11O5/c1-44-32-21-30(50-54-35(23-46-38(32)54)41(58)48-31-20-29(31)43)27-22-47-52(24-27)28-14-9-13-26(19-28)39(56)45-18-8-6-4-3-5-7-11-25-12-10-15-33-37(25)51(2)42(59)53(33)34-16-17-36(55)49-40(34)57/h9-10,12-15,19,21-24,29,31,34,44H,3-8,11,16-18,20H2,1-2H3,(H,45,56)(H,48,58)(H,49,55,57)/t29-,31+,34?/m0/s1. The summed E-state index contributed by atoms with van der Waals surface area (Å²) in [6.07, 6.45) is 11.4. The number of imide groups is 1. The van der Waals surface area contributed by atoms with Crippen molar-refractivity contribution in [3.63, 3.8) is 0 Å². The van der Waals surface area contributed by atoms with E-state index in [0.29, 0.717) is 58.7 Å². The first kappa shape index (κ1) is 39.2. The molecule has 17 heteroatoms. The van der Waals surface area contributed by atoms with Crippen molar-refractivity contribution in [2.75, 3.05) is 18.9 Å². The molecule has 1 aliphatic carbocycles. The summed E-state index contributed by atoms with van der Waals surface area (Å²) in [7, 11) is 3.48. The molecular formula is C42H46FN11O5. The van der Waals surface area contributed by atoms with Gasteiger partial charge in [0.25, 0.3) is 11.8 Å². The normalized spacial score (nSPS) is 17.6. The van der Waals surface area contributed by atoms with Crippen LogP contribution in [-0.4, -0.2) is 82.9 Å². The molecule has 4 amide bonds. The molecule has 59 heavy (non-hydrogen) atoms. The highest BCUT2D eigenvalue weighted by Gasteiger charge is 2.39. The summed E-state index contributed by atoms with van der Waals surface area (Å²) in [5.74, 6) is -1.37. The number of nitrogens with one attached hydrogen (secondary N) is 4. The molecule has 6 aromatic rings. The number of para-hydroxylation sites is 1. The van der Waals surface area contributed by atoms with Crippen molar-refractivity contribution in [2.45, 2.75) is 82.5 Å². The Morgan fingerprint density at radius 1 is 0.966 bits per heavy atom. The topological polar surface area (TPSA) is 191 Å². The van der Waals surface area contributed by atoms with Gasteiger partial charge < -0.3 is 16.0 Å². The lowest BCUT2D eigenvalue weighted by molar-refractivity contribution is -0.135. The van der Waals surface area contributed by atoms with E-state index >= 15 is 0 Å². The first-order valence-corrected chi connectivity index (χ1v) is 20.1. The molecule has 5 heterocycles. The van der Waals surface area contributed by atoms with Gasteiger partial charge in [-0.25, -0.2) is 23.4 Å². The quantitative estimate of drug-likeness (QED) is 0.0811.